The smallest absolute Gasteiger partial charge is 0.0184 e. The Balaban J connectivity index is 1.54. The lowest BCUT2D eigenvalue weighted by Gasteiger charge is -2.38. The standard InChI is InChI=1S/C14H26N2S/c1-11-12(2)17-8-7-16(11)10-13-9-14(13)3-5-15-6-4-14/h11-13,15H,3-10H2,1-2H3. The first kappa shape index (κ1) is 12.3. The van der Waals surface area contributed by atoms with Crippen LogP contribution < -0.4 is 5.32 Å². The van der Waals surface area contributed by atoms with Crippen LogP contribution in [0.1, 0.15) is 33.1 Å². The zero-order valence-corrected chi connectivity index (χ0v) is 12.1. The summed E-state index contributed by atoms with van der Waals surface area (Å²) in [7, 11) is 0. The minimum absolute atomic E-state index is 0.763. The maximum atomic E-state index is 3.50. The van der Waals surface area contributed by atoms with E-state index in [0.717, 1.165) is 22.6 Å². The molecule has 3 heteroatoms. The molecule has 2 heterocycles. The fraction of sp³-hybridized carbons (Fsp3) is 1.00. The van der Waals surface area contributed by atoms with Crippen molar-refractivity contribution in [1.29, 1.82) is 0 Å². The highest BCUT2D eigenvalue weighted by molar-refractivity contribution is 8.00. The molecule has 1 spiro atoms. The molecule has 3 atom stereocenters. The van der Waals surface area contributed by atoms with Crippen molar-refractivity contribution < 1.29 is 0 Å². The van der Waals surface area contributed by atoms with E-state index in [9.17, 15) is 0 Å². The van der Waals surface area contributed by atoms with Gasteiger partial charge in [-0.2, -0.15) is 11.8 Å². The molecule has 2 aliphatic heterocycles. The van der Waals surface area contributed by atoms with Gasteiger partial charge in [-0.05, 0) is 50.6 Å². The molecule has 98 valence electrons. The molecule has 2 nitrogen and oxygen atoms in total. The van der Waals surface area contributed by atoms with Gasteiger partial charge in [0.2, 0.25) is 0 Å². The molecule has 0 bridgehead atoms. The average Bonchev–Trinajstić information content (AvgIpc) is 2.98. The highest BCUT2D eigenvalue weighted by Crippen LogP contribution is 2.58. The molecule has 1 N–H and O–H groups in total. The van der Waals surface area contributed by atoms with E-state index in [1.165, 1.54) is 51.2 Å². The first-order valence-electron chi connectivity index (χ1n) is 7.28. The molecule has 17 heavy (non-hydrogen) atoms. The summed E-state index contributed by atoms with van der Waals surface area (Å²) in [6, 6.07) is 0.785. The van der Waals surface area contributed by atoms with Crippen LogP contribution >= 0.6 is 11.8 Å². The van der Waals surface area contributed by atoms with Crippen LogP contribution in [0.5, 0.6) is 0 Å². The second-order valence-electron chi connectivity index (χ2n) is 6.32. The van der Waals surface area contributed by atoms with Crippen LogP contribution in [0.15, 0.2) is 0 Å². The van der Waals surface area contributed by atoms with Gasteiger partial charge in [0.15, 0.2) is 0 Å². The molecule has 1 saturated carbocycles. The molecule has 1 aliphatic carbocycles. The first-order chi connectivity index (χ1) is 8.21. The summed E-state index contributed by atoms with van der Waals surface area (Å²) in [4.78, 5) is 2.77. The molecule has 0 aromatic carbocycles. The van der Waals surface area contributed by atoms with Gasteiger partial charge in [-0.1, -0.05) is 6.92 Å². The fourth-order valence-electron chi connectivity index (χ4n) is 3.76. The number of rotatable bonds is 2. The lowest BCUT2D eigenvalue weighted by Crippen LogP contribution is -2.46. The fourth-order valence-corrected chi connectivity index (χ4v) is 4.93. The summed E-state index contributed by atoms with van der Waals surface area (Å²) < 4.78 is 0. The van der Waals surface area contributed by atoms with Crippen LogP contribution in [-0.2, 0) is 0 Å². The number of hydrogen-bond donors (Lipinski definition) is 1. The number of nitrogens with one attached hydrogen (secondary N) is 1. The first-order valence-corrected chi connectivity index (χ1v) is 8.32. The third-order valence-corrected chi connectivity index (χ3v) is 6.77. The highest BCUT2D eigenvalue weighted by atomic mass is 32.2. The Hall–Kier alpha value is 0.270. The molecular formula is C14H26N2S. The topological polar surface area (TPSA) is 15.3 Å². The van der Waals surface area contributed by atoms with Gasteiger partial charge in [-0.15, -0.1) is 0 Å². The Bertz CT molecular complexity index is 275. The van der Waals surface area contributed by atoms with Crippen molar-refractivity contribution in [1.82, 2.24) is 10.2 Å². The predicted octanol–water partition coefficient (Wildman–Crippen LogP) is 2.20. The van der Waals surface area contributed by atoms with Crippen LogP contribution in [0.4, 0.5) is 0 Å². The summed E-state index contributed by atoms with van der Waals surface area (Å²) >= 11 is 2.15. The molecule has 2 saturated heterocycles. The molecule has 0 aromatic rings. The van der Waals surface area contributed by atoms with Crippen LogP contribution in [0, 0.1) is 11.3 Å². The SMILES string of the molecule is CC1SCCN(CC2CC23CCNCC3)C1C. The summed E-state index contributed by atoms with van der Waals surface area (Å²) in [6.45, 7) is 10.0. The van der Waals surface area contributed by atoms with E-state index < -0.39 is 0 Å². The van der Waals surface area contributed by atoms with Gasteiger partial charge in [0.25, 0.3) is 0 Å². The van der Waals surface area contributed by atoms with E-state index in [1.807, 2.05) is 0 Å². The Kier molecular flexibility index (Phi) is 3.44. The Morgan fingerprint density at radius 1 is 1.29 bits per heavy atom. The summed E-state index contributed by atoms with van der Waals surface area (Å²) in [6.07, 6.45) is 4.38. The monoisotopic (exact) mass is 254 g/mol. The number of hydrogen-bond acceptors (Lipinski definition) is 3. The number of nitrogens with zero attached hydrogens (tertiary/aromatic N) is 1. The highest BCUT2D eigenvalue weighted by Gasteiger charge is 2.54. The predicted molar refractivity (Wildman–Crippen MR) is 75.6 cm³/mol. The van der Waals surface area contributed by atoms with Gasteiger partial charge in [-0.25, -0.2) is 0 Å². The largest absolute Gasteiger partial charge is 0.317 e. The van der Waals surface area contributed by atoms with Gasteiger partial charge in [-0.3, -0.25) is 4.90 Å². The molecular weight excluding hydrogens is 228 g/mol. The maximum Gasteiger partial charge on any atom is 0.0184 e. The lowest BCUT2D eigenvalue weighted by molar-refractivity contribution is 0.184. The number of thioether (sulfide) groups is 1. The van der Waals surface area contributed by atoms with Crippen molar-refractivity contribution in [3.63, 3.8) is 0 Å². The quantitative estimate of drug-likeness (QED) is 0.813. The van der Waals surface area contributed by atoms with Crippen molar-refractivity contribution in [3.8, 4) is 0 Å². The normalized spacial score (nSPS) is 41.6. The Morgan fingerprint density at radius 3 is 2.82 bits per heavy atom. The third-order valence-electron chi connectivity index (χ3n) is 5.43. The maximum absolute atomic E-state index is 3.50. The third kappa shape index (κ3) is 2.39. The second-order valence-corrected chi connectivity index (χ2v) is 7.81. The van der Waals surface area contributed by atoms with Gasteiger partial charge in [0.1, 0.15) is 0 Å². The van der Waals surface area contributed by atoms with Crippen molar-refractivity contribution in [2.45, 2.75) is 44.4 Å². The van der Waals surface area contributed by atoms with Gasteiger partial charge >= 0.3 is 0 Å². The minimum Gasteiger partial charge on any atom is -0.317 e. The van der Waals surface area contributed by atoms with Crippen LogP contribution in [-0.4, -0.2) is 48.1 Å². The van der Waals surface area contributed by atoms with E-state index >= 15 is 0 Å². The molecule has 0 radical (unpaired) electrons. The van der Waals surface area contributed by atoms with Crippen molar-refractivity contribution in [3.05, 3.63) is 0 Å². The Morgan fingerprint density at radius 2 is 2.06 bits per heavy atom. The summed E-state index contributed by atoms with van der Waals surface area (Å²) in [5.41, 5.74) is 0.763. The van der Waals surface area contributed by atoms with Gasteiger partial charge in [0, 0.05) is 30.1 Å². The van der Waals surface area contributed by atoms with Crippen LogP contribution in [0.2, 0.25) is 0 Å². The lowest BCUT2D eigenvalue weighted by atomic mass is 9.91. The number of piperidine rings is 1. The molecule has 0 aromatic heterocycles. The van der Waals surface area contributed by atoms with E-state index in [1.54, 1.807) is 0 Å². The molecule has 3 aliphatic rings. The van der Waals surface area contributed by atoms with Crippen LogP contribution in [0.3, 0.4) is 0 Å². The van der Waals surface area contributed by atoms with E-state index in [4.69, 9.17) is 0 Å². The van der Waals surface area contributed by atoms with Gasteiger partial charge < -0.3 is 5.32 Å². The van der Waals surface area contributed by atoms with E-state index in [2.05, 4.69) is 35.8 Å². The minimum atomic E-state index is 0.763. The molecule has 3 fully saturated rings. The summed E-state index contributed by atoms with van der Waals surface area (Å²) in [5, 5.41) is 4.33. The average molecular weight is 254 g/mol. The van der Waals surface area contributed by atoms with E-state index in [0.29, 0.717) is 0 Å². The van der Waals surface area contributed by atoms with Crippen molar-refractivity contribution >= 4 is 11.8 Å². The van der Waals surface area contributed by atoms with Crippen molar-refractivity contribution in [2.75, 3.05) is 31.9 Å². The zero-order chi connectivity index (χ0) is 11.9. The molecule has 3 unspecified atom stereocenters. The van der Waals surface area contributed by atoms with E-state index in [-0.39, 0.29) is 0 Å². The Labute approximate surface area is 110 Å². The molecule has 3 rings (SSSR count). The van der Waals surface area contributed by atoms with Crippen LogP contribution in [0.25, 0.3) is 0 Å². The van der Waals surface area contributed by atoms with Crippen molar-refractivity contribution in [2.24, 2.45) is 11.3 Å². The molecule has 0 amide bonds. The summed E-state index contributed by atoms with van der Waals surface area (Å²) in [5.74, 6) is 2.36. The zero-order valence-electron chi connectivity index (χ0n) is 11.2. The second kappa shape index (κ2) is 4.75. The van der Waals surface area contributed by atoms with Gasteiger partial charge in [0.05, 0.1) is 0 Å².